The highest BCUT2D eigenvalue weighted by Crippen LogP contribution is 2.60. The minimum Gasteiger partial charge on any atom is -0.352 e. The Morgan fingerprint density at radius 1 is 0.798 bits per heavy atom. The van der Waals surface area contributed by atoms with Crippen LogP contribution in [0.2, 0.25) is 0 Å². The van der Waals surface area contributed by atoms with Crippen molar-refractivity contribution in [3.63, 3.8) is 0 Å². The normalized spacial score (nSPS) is 17.5. The molecule has 1 aromatic heterocycles. The van der Waals surface area contributed by atoms with E-state index in [0.29, 0.717) is 53.3 Å². The maximum atomic E-state index is 15.5. The number of unbranched alkanes of at least 4 members (excludes halogenated alkanes) is 6. The Labute approximate surface area is 514 Å². The van der Waals surface area contributed by atoms with Gasteiger partial charge in [0.1, 0.15) is 24.2 Å². The number of carbonyl (C=O) groups excluding carboxylic acids is 9. The summed E-state index contributed by atoms with van der Waals surface area (Å²) in [5.74, 6) is 1.39. The van der Waals surface area contributed by atoms with Gasteiger partial charge in [-0.3, -0.25) is 53.1 Å². The van der Waals surface area contributed by atoms with Crippen LogP contribution in [-0.4, -0.2) is 105 Å². The minimum atomic E-state index is -6.12. The smallest absolute Gasteiger partial charge is 0.352 e. The number of alkyl halides is 2. The number of halogens is 2. The first-order chi connectivity index (χ1) is 42.7. The Balaban J connectivity index is 0.768. The van der Waals surface area contributed by atoms with Gasteiger partial charge in [-0.15, -0.1) is 11.3 Å². The van der Waals surface area contributed by atoms with E-state index < -0.39 is 90.3 Å². The van der Waals surface area contributed by atoms with Crippen molar-refractivity contribution in [2.24, 2.45) is 5.73 Å². The number of hydrogen-bond donors (Lipinski definition) is 8. The summed E-state index contributed by atoms with van der Waals surface area (Å²) in [5, 5.41) is 12.9. The number of rotatable bonds is 23. The van der Waals surface area contributed by atoms with E-state index in [-0.39, 0.29) is 90.5 Å². The number of nitrogens with one attached hydrogen (secondary N) is 5. The molecule has 4 aliphatic rings. The van der Waals surface area contributed by atoms with Crippen LogP contribution in [0, 0.1) is 11.8 Å². The summed E-state index contributed by atoms with van der Waals surface area (Å²) in [6.07, 6.45) is 5.86. The van der Waals surface area contributed by atoms with Gasteiger partial charge in [-0.25, -0.2) is 4.79 Å². The zero-order valence-electron chi connectivity index (χ0n) is 48.2. The summed E-state index contributed by atoms with van der Waals surface area (Å²) >= 11 is 0.757. The zero-order valence-corrected chi connectivity index (χ0v) is 49.9. The molecule has 0 saturated carbocycles. The molecule has 1 unspecified atom stereocenters. The van der Waals surface area contributed by atoms with Gasteiger partial charge in [-0.1, -0.05) is 122 Å². The molecular weight excluding hydrogens is 1190 g/mol. The molecule has 89 heavy (non-hydrogen) atoms. The number of amides is 9. The van der Waals surface area contributed by atoms with Crippen LogP contribution in [0.25, 0.3) is 10.1 Å². The number of benzene rings is 5. The molecule has 20 nitrogen and oxygen atoms in total. The molecular formula is C65H65F2N8O12PS. The number of piperidine rings is 1. The maximum absolute atomic E-state index is 15.5. The first-order valence-electron chi connectivity index (χ1n) is 29.4. The number of para-hydroxylation sites is 1. The van der Waals surface area contributed by atoms with Crippen LogP contribution in [0.4, 0.5) is 19.3 Å². The van der Waals surface area contributed by atoms with Crippen molar-refractivity contribution >= 4 is 87.9 Å². The molecule has 9 amide bonds. The number of urea groups is 1. The number of imide groups is 1. The number of primary amides is 1. The molecule has 462 valence electrons. The summed E-state index contributed by atoms with van der Waals surface area (Å²) in [6, 6.07) is 26.6. The number of hydrogen-bond acceptors (Lipinski definition) is 11. The maximum Gasteiger partial charge on any atom is 0.399 e. The summed E-state index contributed by atoms with van der Waals surface area (Å²) < 4.78 is 43.1. The molecule has 0 radical (unpaired) electrons. The van der Waals surface area contributed by atoms with Gasteiger partial charge in [0.2, 0.25) is 23.6 Å². The average Bonchev–Trinajstić information content (AvgIpc) is 2.06. The van der Waals surface area contributed by atoms with Gasteiger partial charge in [0.15, 0.2) is 5.78 Å². The van der Waals surface area contributed by atoms with Gasteiger partial charge in [-0.05, 0) is 95.6 Å². The van der Waals surface area contributed by atoms with Gasteiger partial charge < -0.3 is 41.7 Å². The quantitative estimate of drug-likeness (QED) is 0.0135. The standard InChI is InChI=1S/C65H65F2N8O12PS/c66-65(67,88(85,86)87)44-31-43-33-54(89-57(43)47(34-44)58(78)69-30-14-6-4-2-1-3-5-9-21-40-22-16-25-45-48(40)37-74(62(45)82)51-28-29-55(77)73-59(51)79)61(81)71-49-27-26-41-23-15-24-42-32-52(75(56(41)42)63(49)83)60(80)72-50(36-70-64(68)84)53(76)35-46(38-17-10-7-11-18-38)39-19-12-8-13-20-39/h7-8,10-13,15-20,22-25,31,33-34,46,49-52H,1-6,14,26-30,32,35-37H2,(H,69,78)(H,71,81)(H,72,80)(H3,68,70,84)(H,73,77,79)(H2,85,86,87)/t49-,50-,51?,52-/m0/s1. The van der Waals surface area contributed by atoms with Crippen LogP contribution in [0.1, 0.15) is 146 Å². The Hall–Kier alpha value is -8.94. The molecule has 24 heteroatoms. The number of carbonyl (C=O) groups is 9. The number of anilines is 1. The minimum absolute atomic E-state index is 0.0467. The predicted molar refractivity (Wildman–Crippen MR) is 327 cm³/mol. The topological polar surface area (TPSA) is 304 Å². The fourth-order valence-corrected chi connectivity index (χ4v) is 13.6. The van der Waals surface area contributed by atoms with E-state index in [4.69, 9.17) is 5.73 Å². The second kappa shape index (κ2) is 27.2. The number of thiophene rings is 1. The lowest BCUT2D eigenvalue weighted by Crippen LogP contribution is -2.58. The highest BCUT2D eigenvalue weighted by atomic mass is 32.1. The predicted octanol–water partition coefficient (Wildman–Crippen LogP) is 7.35. The fourth-order valence-electron chi connectivity index (χ4n) is 12.0. The molecule has 0 bridgehead atoms. The van der Waals surface area contributed by atoms with Crippen LogP contribution >= 0.6 is 18.9 Å². The molecule has 6 aromatic rings. The Bertz CT molecular complexity index is 3870. The van der Waals surface area contributed by atoms with E-state index in [1.807, 2.05) is 66.7 Å². The van der Waals surface area contributed by atoms with Crippen LogP contribution < -0.4 is 37.2 Å². The van der Waals surface area contributed by atoms with Crippen molar-refractivity contribution in [3.05, 3.63) is 170 Å². The van der Waals surface area contributed by atoms with Crippen molar-refractivity contribution in [1.29, 1.82) is 0 Å². The number of ketones is 1. The van der Waals surface area contributed by atoms with Gasteiger partial charge in [0.25, 0.3) is 17.7 Å². The first-order valence-corrected chi connectivity index (χ1v) is 31.9. The second-order valence-electron chi connectivity index (χ2n) is 22.6. The van der Waals surface area contributed by atoms with E-state index in [1.54, 1.807) is 30.3 Å². The summed E-state index contributed by atoms with van der Waals surface area (Å²) in [7, 11) is -6.12. The molecule has 4 aliphatic heterocycles. The number of Topliss-reactive ketones (excluding diaryl/α,β-unsaturated/α-hetero) is 1. The summed E-state index contributed by atoms with van der Waals surface area (Å²) in [4.78, 5) is 143. The number of nitrogens with two attached hydrogens (primary N) is 1. The molecule has 1 fully saturated rings. The largest absolute Gasteiger partial charge is 0.399 e. The summed E-state index contributed by atoms with van der Waals surface area (Å²) in [6.45, 7) is 0.000588. The third-order valence-electron chi connectivity index (χ3n) is 16.6. The third-order valence-corrected chi connectivity index (χ3v) is 18.8. The van der Waals surface area contributed by atoms with Gasteiger partial charge in [-0.2, -0.15) is 8.78 Å². The monoisotopic (exact) mass is 1250 g/mol. The summed E-state index contributed by atoms with van der Waals surface area (Å²) in [5.41, 5.74) is 4.72. The van der Waals surface area contributed by atoms with Crippen molar-refractivity contribution in [2.45, 2.75) is 126 Å². The van der Waals surface area contributed by atoms with Crippen LogP contribution in [-0.2, 0) is 53.6 Å². The van der Waals surface area contributed by atoms with Crippen LogP contribution in [0.15, 0.2) is 115 Å². The van der Waals surface area contributed by atoms with E-state index in [2.05, 4.69) is 38.4 Å². The van der Waals surface area contributed by atoms with E-state index in [9.17, 15) is 57.5 Å². The SMILES string of the molecule is NC(=O)NC[C@H](NC(=O)[C@@H]1Cc2cccc3c2N1C(=O)[C@@H](NC(=O)c1cc2cc(C(F)(F)P(=O)(O)O)cc(C(=O)NCCCCCCCCC#Cc4cccc5c4CN(C4CCC(=O)NC4=O)C5=O)c2s1)CC3)C(=O)CC(c1ccccc1)c1ccccc1. The molecule has 9 N–H and O–H groups in total. The van der Waals surface area contributed by atoms with Crippen LogP contribution in [0.5, 0.6) is 0 Å². The molecule has 1 saturated heterocycles. The third kappa shape index (κ3) is 14.0. The highest BCUT2D eigenvalue weighted by Gasteiger charge is 2.51. The van der Waals surface area contributed by atoms with Crippen LogP contribution in [0.3, 0.4) is 0 Å². The van der Waals surface area contributed by atoms with E-state index in [0.717, 1.165) is 59.8 Å². The lowest BCUT2D eigenvalue weighted by molar-refractivity contribution is -0.137. The Kier molecular flexibility index (Phi) is 19.3. The number of aryl methyl sites for hydroxylation is 1. The Morgan fingerprint density at radius 3 is 2.18 bits per heavy atom. The molecule has 5 aromatic carbocycles. The lowest BCUT2D eigenvalue weighted by atomic mass is 9.85. The molecule has 4 atom stereocenters. The van der Waals surface area contributed by atoms with E-state index >= 15 is 8.78 Å². The zero-order chi connectivity index (χ0) is 63.1. The van der Waals surface area contributed by atoms with Crippen molar-refractivity contribution in [1.82, 2.24) is 31.5 Å². The average molecular weight is 1250 g/mol. The highest BCUT2D eigenvalue weighted by molar-refractivity contribution is 7.52. The van der Waals surface area contributed by atoms with Gasteiger partial charge in [0.05, 0.1) is 16.1 Å². The fraction of sp³-hybridized carbons (Fsp3) is 0.338. The second-order valence-corrected chi connectivity index (χ2v) is 25.3. The lowest BCUT2D eigenvalue weighted by Gasteiger charge is -2.29. The molecule has 0 spiro atoms. The van der Waals surface area contributed by atoms with Crippen molar-refractivity contribution in [2.75, 3.05) is 18.0 Å². The van der Waals surface area contributed by atoms with Crippen molar-refractivity contribution < 1.29 is 66.3 Å². The molecule has 10 rings (SSSR count). The van der Waals surface area contributed by atoms with Gasteiger partial charge in [0, 0.05) is 72.6 Å². The van der Waals surface area contributed by atoms with E-state index in [1.165, 1.54) is 15.9 Å². The van der Waals surface area contributed by atoms with Crippen molar-refractivity contribution in [3.8, 4) is 11.8 Å². The Morgan fingerprint density at radius 2 is 1.48 bits per heavy atom. The number of fused-ring (bicyclic) bond motifs is 2. The molecule has 0 aliphatic carbocycles. The molecule has 5 heterocycles. The first kappa shape index (κ1) is 63.1. The number of nitrogens with zero attached hydrogens (tertiary/aromatic N) is 2. The van der Waals surface area contributed by atoms with Gasteiger partial charge >= 0.3 is 19.3 Å².